The van der Waals surface area contributed by atoms with Crippen LogP contribution in [0.2, 0.25) is 0 Å². The van der Waals surface area contributed by atoms with Crippen LogP contribution in [0, 0.1) is 0 Å². The molecule has 0 radical (unpaired) electrons. The Morgan fingerprint density at radius 2 is 1.45 bits per heavy atom. The lowest BCUT2D eigenvalue weighted by Crippen LogP contribution is -2.59. The van der Waals surface area contributed by atoms with E-state index in [1.165, 1.54) is 13.0 Å². The molecule has 3 aromatic rings. The molecule has 5 atom stereocenters. The lowest BCUT2D eigenvalue weighted by molar-refractivity contribution is -0.254. The van der Waals surface area contributed by atoms with E-state index in [0.29, 0.717) is 12.2 Å². The summed E-state index contributed by atoms with van der Waals surface area (Å²) in [4.78, 5) is 47.8. The second kappa shape index (κ2) is 12.2. The minimum atomic E-state index is -1.34. The minimum absolute atomic E-state index is 0.186. The number of fused-ring (bicyclic) bond motifs is 1. The number of esters is 4. The number of phenols is 1. The fourth-order valence-electron chi connectivity index (χ4n) is 4.75. The normalized spacial score (nSPS) is 22.4. The Hall–Kier alpha value is -4.38. The first-order chi connectivity index (χ1) is 19.0. The Morgan fingerprint density at radius 3 is 2.10 bits per heavy atom. The number of hydrogen-bond donors (Lipinski definition) is 1. The van der Waals surface area contributed by atoms with Crippen LogP contribution in [-0.4, -0.2) is 60.0 Å². The van der Waals surface area contributed by atoms with Crippen LogP contribution in [0.1, 0.15) is 50.7 Å². The third-order valence-electron chi connectivity index (χ3n) is 6.24. The molecule has 1 aliphatic rings. The van der Waals surface area contributed by atoms with Gasteiger partial charge >= 0.3 is 23.9 Å². The highest BCUT2D eigenvalue weighted by atomic mass is 16.7. The van der Waals surface area contributed by atoms with Gasteiger partial charge in [0.2, 0.25) is 0 Å². The highest BCUT2D eigenvalue weighted by Crippen LogP contribution is 2.41. The zero-order chi connectivity index (χ0) is 29.0. The van der Waals surface area contributed by atoms with Gasteiger partial charge in [0.15, 0.2) is 18.3 Å². The van der Waals surface area contributed by atoms with Gasteiger partial charge < -0.3 is 33.2 Å². The molecule has 0 bridgehead atoms. The molecule has 1 saturated heterocycles. The monoisotopic (exact) mass is 554 g/mol. The lowest BCUT2D eigenvalue weighted by Gasteiger charge is -2.44. The standard InChI is InChI=1S/C29H30O11/c1-15(30)35-14-25-27(36-16(2)31)29(38-18(4)33)28(37-17(3)32)26(40-25)22-12-19(9-10-23(22)34)11-21-13-20-7-5-6-8-24(20)39-21/h5-10,12-13,25-29,34H,11,14H2,1-4H3/t25?,26?,27-,28+,29?/m1/s1. The number of ether oxygens (including phenoxy) is 5. The van der Waals surface area contributed by atoms with Crippen LogP contribution < -0.4 is 0 Å². The fourth-order valence-corrected chi connectivity index (χ4v) is 4.75. The lowest BCUT2D eigenvalue weighted by atomic mass is 9.89. The van der Waals surface area contributed by atoms with Gasteiger partial charge in [-0.15, -0.1) is 0 Å². The smallest absolute Gasteiger partial charge is 0.303 e. The summed E-state index contributed by atoms with van der Waals surface area (Å²) in [5.41, 5.74) is 1.68. The van der Waals surface area contributed by atoms with Crippen molar-refractivity contribution in [2.24, 2.45) is 0 Å². The number of phenolic OH excluding ortho intramolecular Hbond substituents is 1. The van der Waals surface area contributed by atoms with Gasteiger partial charge in [0, 0.05) is 45.1 Å². The second-order valence-corrected chi connectivity index (χ2v) is 9.44. The number of benzene rings is 2. The molecule has 212 valence electrons. The highest BCUT2D eigenvalue weighted by molar-refractivity contribution is 5.77. The molecule has 0 spiro atoms. The number of para-hydroxylation sites is 1. The van der Waals surface area contributed by atoms with Gasteiger partial charge in [0.05, 0.1) is 0 Å². The predicted molar refractivity (Wildman–Crippen MR) is 138 cm³/mol. The maximum atomic E-state index is 12.2. The number of furan rings is 1. The highest BCUT2D eigenvalue weighted by Gasteiger charge is 2.53. The summed E-state index contributed by atoms with van der Waals surface area (Å²) in [6.45, 7) is 4.28. The van der Waals surface area contributed by atoms with Crippen LogP contribution in [0.15, 0.2) is 52.9 Å². The van der Waals surface area contributed by atoms with Crippen LogP contribution in [0.4, 0.5) is 0 Å². The van der Waals surface area contributed by atoms with E-state index in [2.05, 4.69) is 0 Å². The fraction of sp³-hybridized carbons (Fsp3) is 0.379. The van der Waals surface area contributed by atoms with Crippen molar-refractivity contribution < 1.29 is 52.4 Å². The first-order valence-corrected chi connectivity index (χ1v) is 12.6. The summed E-state index contributed by atoms with van der Waals surface area (Å²) in [7, 11) is 0. The molecule has 11 nitrogen and oxygen atoms in total. The topological polar surface area (TPSA) is 148 Å². The molecule has 1 aliphatic heterocycles. The Kier molecular flexibility index (Phi) is 8.73. The summed E-state index contributed by atoms with van der Waals surface area (Å²) < 4.78 is 33.7. The summed E-state index contributed by atoms with van der Waals surface area (Å²) in [6, 6.07) is 14.3. The zero-order valence-electron chi connectivity index (χ0n) is 22.4. The number of carbonyl (C=O) groups excluding carboxylic acids is 4. The maximum absolute atomic E-state index is 12.2. The predicted octanol–water partition coefficient (Wildman–Crippen LogP) is 3.53. The van der Waals surface area contributed by atoms with Gasteiger partial charge in [0.1, 0.15) is 35.9 Å². The molecular weight excluding hydrogens is 524 g/mol. The number of hydrogen-bond acceptors (Lipinski definition) is 11. The molecule has 2 aromatic carbocycles. The summed E-state index contributed by atoms with van der Waals surface area (Å²) in [6.07, 6.45) is -5.92. The molecule has 2 heterocycles. The van der Waals surface area contributed by atoms with Crippen molar-refractivity contribution in [1.29, 1.82) is 0 Å². The largest absolute Gasteiger partial charge is 0.508 e. The van der Waals surface area contributed by atoms with Crippen molar-refractivity contribution in [2.75, 3.05) is 6.61 Å². The van der Waals surface area contributed by atoms with Gasteiger partial charge in [-0.05, 0) is 29.8 Å². The molecule has 1 fully saturated rings. The molecule has 1 aromatic heterocycles. The van der Waals surface area contributed by atoms with E-state index in [4.69, 9.17) is 28.1 Å². The molecule has 3 unspecified atom stereocenters. The zero-order valence-corrected chi connectivity index (χ0v) is 22.4. The average Bonchev–Trinajstić information content (AvgIpc) is 3.28. The summed E-state index contributed by atoms with van der Waals surface area (Å²) in [5, 5.41) is 11.8. The minimum Gasteiger partial charge on any atom is -0.508 e. The van der Waals surface area contributed by atoms with E-state index in [1.807, 2.05) is 30.3 Å². The van der Waals surface area contributed by atoms with Gasteiger partial charge in [-0.25, -0.2) is 0 Å². The maximum Gasteiger partial charge on any atom is 0.303 e. The van der Waals surface area contributed by atoms with Crippen LogP contribution in [0.3, 0.4) is 0 Å². The Labute approximate surface area is 229 Å². The molecule has 11 heteroatoms. The third kappa shape index (κ3) is 6.78. The van der Waals surface area contributed by atoms with Crippen molar-refractivity contribution >= 4 is 34.8 Å². The van der Waals surface area contributed by atoms with Crippen LogP contribution in [0.25, 0.3) is 11.0 Å². The number of carbonyl (C=O) groups is 4. The van der Waals surface area contributed by atoms with E-state index in [9.17, 15) is 24.3 Å². The van der Waals surface area contributed by atoms with Gasteiger partial charge in [0.25, 0.3) is 0 Å². The first kappa shape index (κ1) is 28.6. The Bertz CT molecular complexity index is 1370. The van der Waals surface area contributed by atoms with Gasteiger partial charge in [-0.1, -0.05) is 24.3 Å². The molecule has 0 saturated carbocycles. The van der Waals surface area contributed by atoms with Crippen molar-refractivity contribution in [2.45, 2.75) is 64.6 Å². The summed E-state index contributed by atoms with van der Waals surface area (Å²) >= 11 is 0. The van der Waals surface area contributed by atoms with E-state index in [1.54, 1.807) is 12.1 Å². The van der Waals surface area contributed by atoms with E-state index < -0.39 is 54.4 Å². The van der Waals surface area contributed by atoms with Crippen LogP contribution in [0.5, 0.6) is 5.75 Å². The van der Waals surface area contributed by atoms with Crippen LogP contribution in [-0.2, 0) is 49.3 Å². The summed E-state index contributed by atoms with van der Waals surface area (Å²) in [5.74, 6) is -2.32. The number of aromatic hydroxyl groups is 1. The van der Waals surface area contributed by atoms with E-state index >= 15 is 0 Å². The quantitative estimate of drug-likeness (QED) is 0.322. The Morgan fingerprint density at radius 1 is 0.800 bits per heavy atom. The van der Waals surface area contributed by atoms with E-state index in [-0.39, 0.29) is 17.9 Å². The molecule has 4 rings (SSSR count). The molecule has 1 N–H and O–H groups in total. The van der Waals surface area contributed by atoms with Crippen LogP contribution >= 0.6 is 0 Å². The molecule has 0 amide bonds. The SMILES string of the molecule is CC(=O)OCC1OC(c2cc(Cc3cc4ccccc4o3)ccc2O)[C@H](OC(C)=O)C(OC(C)=O)[C@@H]1OC(C)=O. The van der Waals surface area contributed by atoms with Crippen molar-refractivity contribution in [3.63, 3.8) is 0 Å². The molecule has 0 aliphatic carbocycles. The Balaban J connectivity index is 1.75. The van der Waals surface area contributed by atoms with Crippen molar-refractivity contribution in [1.82, 2.24) is 0 Å². The molecule has 40 heavy (non-hydrogen) atoms. The van der Waals surface area contributed by atoms with Gasteiger partial charge in [-0.3, -0.25) is 19.2 Å². The average molecular weight is 555 g/mol. The first-order valence-electron chi connectivity index (χ1n) is 12.6. The van der Waals surface area contributed by atoms with Crippen molar-refractivity contribution in [3.8, 4) is 5.75 Å². The van der Waals surface area contributed by atoms with E-state index in [0.717, 1.165) is 37.3 Å². The van der Waals surface area contributed by atoms with Gasteiger partial charge in [-0.2, -0.15) is 0 Å². The second-order valence-electron chi connectivity index (χ2n) is 9.44. The number of rotatable bonds is 8. The van der Waals surface area contributed by atoms with Crippen molar-refractivity contribution in [3.05, 3.63) is 65.4 Å². The molecular formula is C29H30O11. The third-order valence-corrected chi connectivity index (χ3v) is 6.24.